The van der Waals surface area contributed by atoms with Crippen molar-refractivity contribution >= 4 is 34.7 Å². The number of amides is 2. The van der Waals surface area contributed by atoms with E-state index >= 15 is 0 Å². The molecule has 3 rings (SSSR count). The lowest BCUT2D eigenvalue weighted by Gasteiger charge is -2.32. The van der Waals surface area contributed by atoms with Crippen LogP contribution >= 0.6 is 22.9 Å². The van der Waals surface area contributed by atoms with Gasteiger partial charge in [-0.3, -0.25) is 9.59 Å². The van der Waals surface area contributed by atoms with E-state index in [0.717, 1.165) is 47.7 Å². The molecule has 2 amide bonds. The number of rotatable bonds is 7. The first-order chi connectivity index (χ1) is 13.1. The maximum Gasteiger partial charge on any atom is 0.276 e. The van der Waals surface area contributed by atoms with Crippen molar-refractivity contribution in [1.82, 2.24) is 19.8 Å². The predicted octanol–water partition coefficient (Wildman–Crippen LogP) is 3.73. The van der Waals surface area contributed by atoms with E-state index in [1.807, 2.05) is 18.4 Å². The number of aromatic nitrogens is 2. The number of hydrogen-bond acceptors (Lipinski definition) is 6. The molecule has 1 fully saturated rings. The van der Waals surface area contributed by atoms with Gasteiger partial charge in [0.25, 0.3) is 5.91 Å². The summed E-state index contributed by atoms with van der Waals surface area (Å²) in [6.07, 6.45) is 7.11. The molecular weight excluding hydrogens is 380 g/mol. The van der Waals surface area contributed by atoms with Gasteiger partial charge in [0.1, 0.15) is 6.04 Å². The Balaban J connectivity index is 1.91. The van der Waals surface area contributed by atoms with Gasteiger partial charge in [0.15, 0.2) is 5.69 Å². The van der Waals surface area contributed by atoms with E-state index in [0.29, 0.717) is 0 Å². The minimum absolute atomic E-state index is 0.133. The van der Waals surface area contributed by atoms with Crippen LogP contribution in [0.3, 0.4) is 0 Å². The lowest BCUT2D eigenvalue weighted by atomic mass is 9.95. The molecule has 0 saturated heterocycles. The summed E-state index contributed by atoms with van der Waals surface area (Å²) in [6.45, 7) is 6.00. The minimum atomic E-state index is -0.695. The van der Waals surface area contributed by atoms with Crippen LogP contribution in [-0.2, 0) is 4.79 Å². The molecule has 2 heterocycles. The second-order valence-electron chi connectivity index (χ2n) is 6.75. The molecule has 0 spiro atoms. The Hall–Kier alpha value is -2.06. The molecule has 0 bridgehead atoms. The first kappa shape index (κ1) is 19.7. The smallest absolute Gasteiger partial charge is 0.276 e. The van der Waals surface area contributed by atoms with Crippen LogP contribution in [0.15, 0.2) is 29.5 Å². The van der Waals surface area contributed by atoms with Crippen LogP contribution in [0.2, 0.25) is 0 Å². The van der Waals surface area contributed by atoms with Crippen LogP contribution in [0.5, 0.6) is 0 Å². The van der Waals surface area contributed by atoms with Gasteiger partial charge in [-0.05, 0) is 48.3 Å². The van der Waals surface area contributed by atoms with Gasteiger partial charge in [-0.2, -0.15) is 0 Å². The molecule has 144 valence electrons. The molecule has 2 aromatic heterocycles. The van der Waals surface area contributed by atoms with Crippen molar-refractivity contribution in [3.8, 4) is 0 Å². The van der Waals surface area contributed by atoms with Gasteiger partial charge in [-0.1, -0.05) is 29.8 Å². The van der Waals surface area contributed by atoms with Crippen LogP contribution in [0, 0.1) is 6.92 Å². The van der Waals surface area contributed by atoms with Crippen molar-refractivity contribution in [2.75, 3.05) is 6.54 Å². The highest BCUT2D eigenvalue weighted by atomic mass is 32.1. The van der Waals surface area contributed by atoms with E-state index in [-0.39, 0.29) is 30.1 Å². The van der Waals surface area contributed by atoms with Crippen molar-refractivity contribution < 1.29 is 9.59 Å². The van der Waals surface area contributed by atoms with Crippen LogP contribution in [0.1, 0.15) is 59.1 Å². The van der Waals surface area contributed by atoms with Gasteiger partial charge in [0.2, 0.25) is 5.91 Å². The summed E-state index contributed by atoms with van der Waals surface area (Å²) in [5.41, 5.74) is 1.26. The molecule has 0 aromatic carbocycles. The molecule has 8 heteroatoms. The van der Waals surface area contributed by atoms with Gasteiger partial charge in [0, 0.05) is 22.8 Å². The molecule has 2 aromatic rings. The zero-order valence-corrected chi connectivity index (χ0v) is 17.0. The van der Waals surface area contributed by atoms with Gasteiger partial charge in [0.05, 0.1) is 0 Å². The van der Waals surface area contributed by atoms with E-state index < -0.39 is 6.04 Å². The molecule has 1 saturated carbocycles. The lowest BCUT2D eigenvalue weighted by Crippen LogP contribution is -2.47. The van der Waals surface area contributed by atoms with Crippen molar-refractivity contribution in [3.05, 3.63) is 45.6 Å². The largest absolute Gasteiger partial charge is 0.351 e. The molecule has 0 unspecified atom stereocenters. The Labute approximate surface area is 167 Å². The van der Waals surface area contributed by atoms with Gasteiger partial charge >= 0.3 is 0 Å². The van der Waals surface area contributed by atoms with Crippen LogP contribution in [0.4, 0.5) is 0 Å². The zero-order chi connectivity index (χ0) is 19.2. The number of carbonyl (C=O) groups is 2. The van der Waals surface area contributed by atoms with E-state index in [1.54, 1.807) is 16.4 Å². The first-order valence-corrected chi connectivity index (χ1v) is 10.9. The number of hydrogen-bond donors (Lipinski definition) is 1. The normalized spacial score (nSPS) is 15.9. The molecule has 1 atom stereocenters. The number of thiophene rings is 1. The maximum atomic E-state index is 13.3. The van der Waals surface area contributed by atoms with Crippen molar-refractivity contribution in [2.24, 2.45) is 0 Å². The third-order valence-corrected chi connectivity index (χ3v) is 6.40. The van der Waals surface area contributed by atoms with Crippen LogP contribution in [0.25, 0.3) is 0 Å². The fourth-order valence-electron chi connectivity index (χ4n) is 3.44. The topological polar surface area (TPSA) is 75.2 Å². The monoisotopic (exact) mass is 404 g/mol. The lowest BCUT2D eigenvalue weighted by molar-refractivity contribution is -0.126. The van der Waals surface area contributed by atoms with Crippen molar-refractivity contribution in [2.45, 2.75) is 51.1 Å². The van der Waals surface area contributed by atoms with Crippen LogP contribution < -0.4 is 5.32 Å². The molecular formula is C19H24N4O2S2. The zero-order valence-electron chi connectivity index (χ0n) is 15.4. The summed E-state index contributed by atoms with van der Waals surface area (Å²) >= 11 is 2.61. The Bertz CT molecular complexity index is 781. The molecule has 6 nitrogen and oxygen atoms in total. The van der Waals surface area contributed by atoms with Crippen molar-refractivity contribution in [3.63, 3.8) is 0 Å². The van der Waals surface area contributed by atoms with E-state index in [4.69, 9.17) is 0 Å². The Morgan fingerprint density at radius 3 is 2.78 bits per heavy atom. The van der Waals surface area contributed by atoms with Gasteiger partial charge in [-0.25, -0.2) is 0 Å². The fraction of sp³-hybridized carbons (Fsp3) is 0.474. The quantitative estimate of drug-likeness (QED) is 0.714. The van der Waals surface area contributed by atoms with Gasteiger partial charge < -0.3 is 10.2 Å². The van der Waals surface area contributed by atoms with Crippen molar-refractivity contribution in [1.29, 1.82) is 0 Å². The van der Waals surface area contributed by atoms with Gasteiger partial charge in [-0.15, -0.1) is 23.0 Å². The maximum absolute atomic E-state index is 13.3. The summed E-state index contributed by atoms with van der Waals surface area (Å²) in [7, 11) is 0. The van der Waals surface area contributed by atoms with E-state index in [1.165, 1.54) is 17.8 Å². The number of carbonyl (C=O) groups excluding carboxylic acids is 2. The second-order valence-corrected chi connectivity index (χ2v) is 8.31. The fourth-order valence-corrected chi connectivity index (χ4v) is 4.91. The highest BCUT2D eigenvalue weighted by molar-refractivity contribution is 7.10. The highest BCUT2D eigenvalue weighted by Crippen LogP contribution is 2.31. The summed E-state index contributed by atoms with van der Waals surface area (Å²) in [5.74, 6) is -0.439. The van der Waals surface area contributed by atoms with E-state index in [9.17, 15) is 9.59 Å². The summed E-state index contributed by atoms with van der Waals surface area (Å²) < 4.78 is 3.78. The van der Waals surface area contributed by atoms with E-state index in [2.05, 4.69) is 21.5 Å². The SMILES string of the molecule is C=CCN(C(=O)c1csnn1)[C@H](C(=O)NC1CCCCC1)c1sccc1C. The summed E-state index contributed by atoms with van der Waals surface area (Å²) in [4.78, 5) is 28.8. The molecule has 0 radical (unpaired) electrons. The molecule has 1 N–H and O–H groups in total. The number of aryl methyl sites for hydroxylation is 1. The standard InChI is InChI=1S/C19H24N4O2S2/c1-3-10-23(19(25)15-12-27-22-21-15)16(17-13(2)9-11-26-17)18(24)20-14-7-5-4-6-8-14/h3,9,11-12,14,16H,1,4-8,10H2,2H3,(H,20,24)/t16-/m0/s1. The average molecular weight is 405 g/mol. The molecule has 1 aliphatic carbocycles. The average Bonchev–Trinajstić information content (AvgIpc) is 3.34. The number of nitrogens with zero attached hydrogens (tertiary/aromatic N) is 3. The minimum Gasteiger partial charge on any atom is -0.351 e. The first-order valence-electron chi connectivity index (χ1n) is 9.15. The third-order valence-electron chi connectivity index (χ3n) is 4.83. The van der Waals surface area contributed by atoms with Crippen LogP contribution in [-0.4, -0.2) is 38.9 Å². The Kier molecular flexibility index (Phi) is 6.73. The Morgan fingerprint density at radius 2 is 2.19 bits per heavy atom. The Morgan fingerprint density at radius 1 is 1.41 bits per heavy atom. The highest BCUT2D eigenvalue weighted by Gasteiger charge is 2.35. The third kappa shape index (κ3) is 4.62. The summed E-state index contributed by atoms with van der Waals surface area (Å²) in [6, 6.07) is 1.46. The number of nitrogens with one attached hydrogen (secondary N) is 1. The summed E-state index contributed by atoms with van der Waals surface area (Å²) in [5, 5.41) is 10.6. The molecule has 0 aliphatic heterocycles. The second kappa shape index (κ2) is 9.23. The molecule has 27 heavy (non-hydrogen) atoms. The predicted molar refractivity (Wildman–Crippen MR) is 108 cm³/mol. The molecule has 1 aliphatic rings.